The van der Waals surface area contributed by atoms with Gasteiger partial charge in [-0.15, -0.1) is 0 Å². The van der Waals surface area contributed by atoms with Crippen molar-refractivity contribution in [3.8, 4) is 5.75 Å². The summed E-state index contributed by atoms with van der Waals surface area (Å²) >= 11 is 0. The van der Waals surface area contributed by atoms with Crippen molar-refractivity contribution in [2.75, 3.05) is 7.11 Å². The highest BCUT2D eigenvalue weighted by atomic mass is 16.5. The van der Waals surface area contributed by atoms with Gasteiger partial charge in [0.15, 0.2) is 0 Å². The molecule has 5 nitrogen and oxygen atoms in total. The standard InChI is InChI=1S/C28H37NO4/c1-5-17-16-22-26(2,13-12-23(30)29-22)20-10-14-27(3)21(24(17)20)11-15-28(27,25(31)32)18-6-8-19(33-4)9-7-18/h6-9,12-13,17,20-22,24H,5,10-11,14-16H2,1-4H3,(H,29,30)(H,31,32)/t17?,20-,21+,22?,24-,26-,27+,28?/m1/s1. The lowest BCUT2D eigenvalue weighted by Gasteiger charge is -2.62. The molecule has 1 amide bonds. The molecule has 0 saturated heterocycles. The number of carbonyl (C=O) groups is 2. The van der Waals surface area contributed by atoms with Crippen LogP contribution in [0.15, 0.2) is 36.4 Å². The summed E-state index contributed by atoms with van der Waals surface area (Å²) < 4.78 is 5.34. The molecule has 3 fully saturated rings. The smallest absolute Gasteiger partial charge is 0.314 e. The molecule has 0 spiro atoms. The molecule has 33 heavy (non-hydrogen) atoms. The van der Waals surface area contributed by atoms with Gasteiger partial charge < -0.3 is 15.2 Å². The van der Waals surface area contributed by atoms with Crippen LogP contribution >= 0.6 is 0 Å². The zero-order valence-corrected chi connectivity index (χ0v) is 20.3. The highest BCUT2D eigenvalue weighted by Crippen LogP contribution is 2.70. The maximum atomic E-state index is 13.1. The number of benzene rings is 1. The summed E-state index contributed by atoms with van der Waals surface area (Å²) in [6, 6.07) is 7.93. The zero-order valence-electron chi connectivity index (χ0n) is 20.3. The number of methoxy groups -OCH3 is 1. The van der Waals surface area contributed by atoms with Crippen molar-refractivity contribution in [1.29, 1.82) is 0 Å². The number of carboxylic acids is 1. The van der Waals surface area contributed by atoms with Crippen molar-refractivity contribution in [1.82, 2.24) is 5.32 Å². The average molecular weight is 452 g/mol. The van der Waals surface area contributed by atoms with Crippen LogP contribution in [0.4, 0.5) is 0 Å². The fourth-order valence-electron chi connectivity index (χ4n) is 8.78. The van der Waals surface area contributed by atoms with Gasteiger partial charge in [0, 0.05) is 11.5 Å². The maximum absolute atomic E-state index is 13.1. The number of hydrogen-bond donors (Lipinski definition) is 2. The van der Waals surface area contributed by atoms with Gasteiger partial charge in [0.1, 0.15) is 5.75 Å². The lowest BCUT2D eigenvalue weighted by atomic mass is 9.43. The fraction of sp³-hybridized carbons (Fsp3) is 0.643. The van der Waals surface area contributed by atoms with Gasteiger partial charge in [0.25, 0.3) is 0 Å². The number of ether oxygens (including phenoxy) is 1. The van der Waals surface area contributed by atoms with Gasteiger partial charge in [-0.2, -0.15) is 0 Å². The molecular weight excluding hydrogens is 414 g/mol. The van der Waals surface area contributed by atoms with Crippen LogP contribution in [-0.4, -0.2) is 30.1 Å². The predicted molar refractivity (Wildman–Crippen MR) is 127 cm³/mol. The zero-order chi connectivity index (χ0) is 23.6. The maximum Gasteiger partial charge on any atom is 0.314 e. The van der Waals surface area contributed by atoms with Gasteiger partial charge in [-0.3, -0.25) is 9.59 Å². The largest absolute Gasteiger partial charge is 0.497 e. The number of rotatable bonds is 4. The number of amides is 1. The SMILES string of the molecule is CCC1CC2NC(=O)C=C[C@]2(C)[C@@H]2CC[C@@]3(C)[C@@H](CCC3(C(=O)O)c3ccc(OC)cc3)[C@H]12. The summed E-state index contributed by atoms with van der Waals surface area (Å²) in [6.07, 6.45) is 9.49. The Labute approximate surface area is 197 Å². The third-order valence-electron chi connectivity index (χ3n) is 10.5. The van der Waals surface area contributed by atoms with E-state index in [9.17, 15) is 14.7 Å². The Morgan fingerprint density at radius 1 is 1.15 bits per heavy atom. The molecule has 1 aliphatic heterocycles. The highest BCUT2D eigenvalue weighted by Gasteiger charge is 2.69. The van der Waals surface area contributed by atoms with Gasteiger partial charge >= 0.3 is 5.97 Å². The molecule has 4 aliphatic rings. The monoisotopic (exact) mass is 451 g/mol. The first kappa shape index (κ1) is 22.5. The normalized spacial score (nSPS) is 43.8. The number of aliphatic carboxylic acids is 1. The van der Waals surface area contributed by atoms with E-state index in [1.54, 1.807) is 13.2 Å². The van der Waals surface area contributed by atoms with E-state index in [1.807, 2.05) is 24.3 Å². The molecule has 1 heterocycles. The third kappa shape index (κ3) is 2.90. The second-order valence-corrected chi connectivity index (χ2v) is 11.4. The summed E-state index contributed by atoms with van der Waals surface area (Å²) in [5, 5.41) is 14.0. The number of carbonyl (C=O) groups excluding carboxylic acids is 1. The van der Waals surface area contributed by atoms with E-state index in [2.05, 4.69) is 32.2 Å². The summed E-state index contributed by atoms with van der Waals surface area (Å²) in [5.41, 5.74) is -0.314. The van der Waals surface area contributed by atoms with Crippen LogP contribution < -0.4 is 10.1 Å². The quantitative estimate of drug-likeness (QED) is 0.679. The van der Waals surface area contributed by atoms with E-state index >= 15 is 0 Å². The summed E-state index contributed by atoms with van der Waals surface area (Å²) in [5.74, 6) is 1.91. The molecule has 3 unspecified atom stereocenters. The van der Waals surface area contributed by atoms with Crippen LogP contribution in [0.25, 0.3) is 0 Å². The molecule has 5 rings (SSSR count). The van der Waals surface area contributed by atoms with Crippen molar-refractivity contribution >= 4 is 11.9 Å². The Morgan fingerprint density at radius 3 is 2.48 bits per heavy atom. The van der Waals surface area contributed by atoms with Gasteiger partial charge in [0.05, 0.1) is 12.5 Å². The lowest BCUT2D eigenvalue weighted by molar-refractivity contribution is -0.156. The third-order valence-corrected chi connectivity index (χ3v) is 10.5. The van der Waals surface area contributed by atoms with E-state index in [-0.39, 0.29) is 22.8 Å². The summed E-state index contributed by atoms with van der Waals surface area (Å²) in [6.45, 7) is 6.85. The topological polar surface area (TPSA) is 75.6 Å². The van der Waals surface area contributed by atoms with Crippen molar-refractivity contribution in [3.63, 3.8) is 0 Å². The molecule has 8 atom stereocenters. The molecule has 3 aliphatic carbocycles. The first-order valence-corrected chi connectivity index (χ1v) is 12.6. The van der Waals surface area contributed by atoms with Crippen LogP contribution in [0.2, 0.25) is 0 Å². The minimum absolute atomic E-state index is 0.0247. The molecule has 0 aromatic heterocycles. The number of fused-ring (bicyclic) bond motifs is 5. The van der Waals surface area contributed by atoms with Gasteiger partial charge in [-0.25, -0.2) is 0 Å². The van der Waals surface area contributed by atoms with E-state index < -0.39 is 11.4 Å². The minimum atomic E-state index is -0.873. The second kappa shape index (κ2) is 7.61. The molecule has 0 radical (unpaired) electrons. The molecule has 0 bridgehead atoms. The minimum Gasteiger partial charge on any atom is -0.497 e. The molecule has 1 aromatic carbocycles. The van der Waals surface area contributed by atoms with Crippen LogP contribution in [0.5, 0.6) is 5.75 Å². The fourth-order valence-corrected chi connectivity index (χ4v) is 8.78. The Balaban J connectivity index is 1.58. The Hall–Kier alpha value is -2.30. The second-order valence-electron chi connectivity index (χ2n) is 11.4. The van der Waals surface area contributed by atoms with E-state index in [4.69, 9.17) is 4.74 Å². The van der Waals surface area contributed by atoms with Crippen molar-refractivity contribution in [2.45, 2.75) is 70.8 Å². The predicted octanol–water partition coefficient (Wildman–Crippen LogP) is 4.95. The van der Waals surface area contributed by atoms with Crippen LogP contribution in [0.3, 0.4) is 0 Å². The van der Waals surface area contributed by atoms with Gasteiger partial charge in [0.2, 0.25) is 5.91 Å². The molecule has 3 saturated carbocycles. The van der Waals surface area contributed by atoms with E-state index in [1.165, 1.54) is 0 Å². The van der Waals surface area contributed by atoms with Gasteiger partial charge in [-0.1, -0.05) is 45.4 Å². The summed E-state index contributed by atoms with van der Waals surface area (Å²) in [7, 11) is 1.64. The lowest BCUT2D eigenvalue weighted by Crippen LogP contribution is -2.63. The van der Waals surface area contributed by atoms with Crippen LogP contribution in [-0.2, 0) is 15.0 Å². The van der Waals surface area contributed by atoms with Crippen molar-refractivity contribution in [3.05, 3.63) is 42.0 Å². The van der Waals surface area contributed by atoms with Crippen LogP contribution in [0.1, 0.15) is 64.9 Å². The highest BCUT2D eigenvalue weighted by molar-refractivity contribution is 5.89. The Kier molecular flexibility index (Phi) is 5.19. The molecular formula is C28H37NO4. The van der Waals surface area contributed by atoms with Crippen molar-refractivity contribution < 1.29 is 19.4 Å². The number of carboxylic acid groups (broad SMARTS) is 1. The molecule has 5 heteroatoms. The van der Waals surface area contributed by atoms with Crippen molar-refractivity contribution in [2.24, 2.45) is 34.5 Å². The molecule has 1 aromatic rings. The number of nitrogens with one attached hydrogen (secondary N) is 1. The van der Waals surface area contributed by atoms with Crippen LogP contribution in [0, 0.1) is 34.5 Å². The van der Waals surface area contributed by atoms with E-state index in [0.29, 0.717) is 30.1 Å². The molecule has 178 valence electrons. The first-order chi connectivity index (χ1) is 15.7. The summed E-state index contributed by atoms with van der Waals surface area (Å²) in [4.78, 5) is 25.2. The Bertz CT molecular complexity index is 986. The number of hydrogen-bond acceptors (Lipinski definition) is 3. The van der Waals surface area contributed by atoms with Gasteiger partial charge in [-0.05, 0) is 85.0 Å². The molecule has 2 N–H and O–H groups in total. The average Bonchev–Trinajstić information content (AvgIpc) is 3.13. The Morgan fingerprint density at radius 2 is 1.85 bits per heavy atom. The van der Waals surface area contributed by atoms with E-state index in [0.717, 1.165) is 43.4 Å². The first-order valence-electron chi connectivity index (χ1n) is 12.6.